The highest BCUT2D eigenvalue weighted by molar-refractivity contribution is 5.27. The summed E-state index contributed by atoms with van der Waals surface area (Å²) in [7, 11) is 1.73. The Bertz CT molecular complexity index is 395. The van der Waals surface area contributed by atoms with Gasteiger partial charge in [-0.1, -0.05) is 57.6 Å². The average Bonchev–Trinajstić information content (AvgIpc) is 2.59. The quantitative estimate of drug-likeness (QED) is 0.565. The maximum atomic E-state index is 5.27. The predicted octanol–water partition coefficient (Wildman–Crippen LogP) is 5.41. The van der Waals surface area contributed by atoms with Gasteiger partial charge in [0.2, 0.25) is 0 Å². The number of rotatable bonds is 9. The van der Waals surface area contributed by atoms with E-state index in [1.54, 1.807) is 7.11 Å². The number of methoxy groups -OCH3 is 1. The molecule has 2 heteroatoms. The predicted molar refractivity (Wildman–Crippen MR) is 94.4 cm³/mol. The molecule has 1 aromatic carbocycles. The van der Waals surface area contributed by atoms with Crippen LogP contribution in [0.25, 0.3) is 0 Å². The number of hydrogen-bond acceptors (Lipinski definition) is 2. The standard InChI is InChI=1S/C20H33NO/c1-3-4-5-9-16-21(19-10-7-6-8-11-19)17-18-12-14-20(22-2)15-13-18/h12-15,19H,3-11,16-17H2,1-2H3. The minimum atomic E-state index is 0.803. The fraction of sp³-hybridized carbons (Fsp3) is 0.700. The Balaban J connectivity index is 1.92. The Labute approximate surface area is 136 Å². The molecular formula is C20H33NO. The van der Waals surface area contributed by atoms with Crippen molar-refractivity contribution in [3.63, 3.8) is 0 Å². The third kappa shape index (κ3) is 5.64. The molecule has 1 fully saturated rings. The summed E-state index contributed by atoms with van der Waals surface area (Å²) in [4.78, 5) is 2.75. The lowest BCUT2D eigenvalue weighted by Gasteiger charge is -2.34. The van der Waals surface area contributed by atoms with E-state index in [1.807, 2.05) is 0 Å². The van der Waals surface area contributed by atoms with Gasteiger partial charge in [0.15, 0.2) is 0 Å². The first-order valence-electron chi connectivity index (χ1n) is 9.20. The van der Waals surface area contributed by atoms with Crippen LogP contribution in [-0.2, 0) is 6.54 Å². The Morgan fingerprint density at radius 2 is 1.73 bits per heavy atom. The van der Waals surface area contributed by atoms with Crippen LogP contribution in [0.4, 0.5) is 0 Å². The minimum Gasteiger partial charge on any atom is -0.497 e. The van der Waals surface area contributed by atoms with Crippen molar-refractivity contribution in [2.75, 3.05) is 13.7 Å². The summed E-state index contributed by atoms with van der Waals surface area (Å²) in [6.45, 7) is 4.65. The van der Waals surface area contributed by atoms with Crippen molar-refractivity contribution in [2.45, 2.75) is 77.3 Å². The third-order valence-corrected chi connectivity index (χ3v) is 4.93. The first-order chi connectivity index (χ1) is 10.8. The summed E-state index contributed by atoms with van der Waals surface area (Å²) in [6, 6.07) is 9.43. The van der Waals surface area contributed by atoms with Crippen molar-refractivity contribution in [1.29, 1.82) is 0 Å². The van der Waals surface area contributed by atoms with E-state index in [0.717, 1.165) is 18.3 Å². The number of ether oxygens (including phenoxy) is 1. The molecule has 0 saturated heterocycles. The monoisotopic (exact) mass is 303 g/mol. The first kappa shape index (κ1) is 17.3. The van der Waals surface area contributed by atoms with E-state index in [4.69, 9.17) is 4.74 Å². The molecule has 0 radical (unpaired) electrons. The van der Waals surface area contributed by atoms with Crippen molar-refractivity contribution in [1.82, 2.24) is 4.90 Å². The summed E-state index contributed by atoms with van der Waals surface area (Å²) in [5.74, 6) is 0.955. The van der Waals surface area contributed by atoms with E-state index in [2.05, 4.69) is 36.1 Å². The number of unbranched alkanes of at least 4 members (excludes halogenated alkanes) is 3. The second-order valence-electron chi connectivity index (χ2n) is 6.67. The van der Waals surface area contributed by atoms with Gasteiger partial charge in [0.05, 0.1) is 7.11 Å². The molecule has 1 aliphatic carbocycles. The number of benzene rings is 1. The van der Waals surface area contributed by atoms with Gasteiger partial charge < -0.3 is 4.74 Å². The Hall–Kier alpha value is -1.02. The van der Waals surface area contributed by atoms with Gasteiger partial charge in [-0.15, -0.1) is 0 Å². The highest BCUT2D eigenvalue weighted by atomic mass is 16.5. The Morgan fingerprint density at radius 1 is 1.00 bits per heavy atom. The summed E-state index contributed by atoms with van der Waals surface area (Å²) in [5.41, 5.74) is 1.42. The highest BCUT2D eigenvalue weighted by Gasteiger charge is 2.20. The summed E-state index contributed by atoms with van der Waals surface area (Å²) in [6.07, 6.45) is 12.5. The van der Waals surface area contributed by atoms with Crippen molar-refractivity contribution >= 4 is 0 Å². The molecular weight excluding hydrogens is 270 g/mol. The molecule has 2 rings (SSSR count). The van der Waals surface area contributed by atoms with Gasteiger partial charge in [-0.3, -0.25) is 4.90 Å². The van der Waals surface area contributed by atoms with Crippen molar-refractivity contribution in [2.24, 2.45) is 0 Å². The summed E-state index contributed by atoms with van der Waals surface area (Å²) in [5, 5.41) is 0. The van der Waals surface area contributed by atoms with E-state index < -0.39 is 0 Å². The third-order valence-electron chi connectivity index (χ3n) is 4.93. The molecule has 1 saturated carbocycles. The molecule has 0 aromatic heterocycles. The van der Waals surface area contributed by atoms with Gasteiger partial charge in [-0.2, -0.15) is 0 Å². The van der Waals surface area contributed by atoms with E-state index in [1.165, 1.54) is 69.9 Å². The van der Waals surface area contributed by atoms with Gasteiger partial charge in [0.25, 0.3) is 0 Å². The Morgan fingerprint density at radius 3 is 2.36 bits per heavy atom. The number of hydrogen-bond donors (Lipinski definition) is 0. The smallest absolute Gasteiger partial charge is 0.118 e. The molecule has 0 heterocycles. The molecule has 0 amide bonds. The van der Waals surface area contributed by atoms with Crippen LogP contribution >= 0.6 is 0 Å². The zero-order valence-corrected chi connectivity index (χ0v) is 14.5. The second kappa shape index (κ2) is 9.89. The van der Waals surface area contributed by atoms with Crippen LogP contribution in [0.5, 0.6) is 5.75 Å². The van der Waals surface area contributed by atoms with Crippen LogP contribution in [0.1, 0.15) is 70.3 Å². The molecule has 0 aliphatic heterocycles. The first-order valence-corrected chi connectivity index (χ1v) is 9.20. The molecule has 22 heavy (non-hydrogen) atoms. The summed E-state index contributed by atoms with van der Waals surface area (Å²) < 4.78 is 5.27. The van der Waals surface area contributed by atoms with Crippen molar-refractivity contribution < 1.29 is 4.74 Å². The van der Waals surface area contributed by atoms with Crippen LogP contribution in [0, 0.1) is 0 Å². The SMILES string of the molecule is CCCCCCN(Cc1ccc(OC)cc1)C1CCCCC1. The maximum Gasteiger partial charge on any atom is 0.118 e. The molecule has 0 unspecified atom stereocenters. The van der Waals surface area contributed by atoms with E-state index >= 15 is 0 Å². The van der Waals surface area contributed by atoms with Crippen LogP contribution in [-0.4, -0.2) is 24.6 Å². The van der Waals surface area contributed by atoms with Crippen LogP contribution in [0.15, 0.2) is 24.3 Å². The molecule has 2 nitrogen and oxygen atoms in total. The van der Waals surface area contributed by atoms with Gasteiger partial charge >= 0.3 is 0 Å². The molecule has 0 N–H and O–H groups in total. The van der Waals surface area contributed by atoms with E-state index in [-0.39, 0.29) is 0 Å². The van der Waals surface area contributed by atoms with Crippen LogP contribution in [0.2, 0.25) is 0 Å². The van der Waals surface area contributed by atoms with Gasteiger partial charge in [-0.25, -0.2) is 0 Å². The van der Waals surface area contributed by atoms with Crippen molar-refractivity contribution in [3.05, 3.63) is 29.8 Å². The van der Waals surface area contributed by atoms with Gasteiger partial charge in [0.1, 0.15) is 5.75 Å². The fourth-order valence-electron chi connectivity index (χ4n) is 3.54. The minimum absolute atomic E-state index is 0.803. The van der Waals surface area contributed by atoms with Crippen LogP contribution < -0.4 is 4.74 Å². The lowest BCUT2D eigenvalue weighted by Crippen LogP contribution is -2.37. The van der Waals surface area contributed by atoms with Crippen molar-refractivity contribution in [3.8, 4) is 5.75 Å². The topological polar surface area (TPSA) is 12.5 Å². The Kier molecular flexibility index (Phi) is 7.79. The van der Waals surface area contributed by atoms with Crippen LogP contribution in [0.3, 0.4) is 0 Å². The molecule has 1 aliphatic rings. The highest BCUT2D eigenvalue weighted by Crippen LogP contribution is 2.25. The van der Waals surface area contributed by atoms with Gasteiger partial charge in [-0.05, 0) is 43.5 Å². The van der Waals surface area contributed by atoms with E-state index in [0.29, 0.717) is 0 Å². The lowest BCUT2D eigenvalue weighted by atomic mass is 9.93. The molecule has 0 bridgehead atoms. The molecule has 0 spiro atoms. The zero-order valence-electron chi connectivity index (χ0n) is 14.5. The zero-order chi connectivity index (χ0) is 15.6. The normalized spacial score (nSPS) is 16.1. The van der Waals surface area contributed by atoms with E-state index in [9.17, 15) is 0 Å². The fourth-order valence-corrected chi connectivity index (χ4v) is 3.54. The van der Waals surface area contributed by atoms with Gasteiger partial charge in [0, 0.05) is 12.6 Å². The molecule has 124 valence electrons. The molecule has 0 atom stereocenters. The lowest BCUT2D eigenvalue weighted by molar-refractivity contribution is 0.145. The summed E-state index contributed by atoms with van der Waals surface area (Å²) >= 11 is 0. The average molecular weight is 303 g/mol. The largest absolute Gasteiger partial charge is 0.497 e. The molecule has 1 aromatic rings. The number of nitrogens with zero attached hydrogens (tertiary/aromatic N) is 1. The maximum absolute atomic E-state index is 5.27. The second-order valence-corrected chi connectivity index (χ2v) is 6.67.